The van der Waals surface area contributed by atoms with Crippen LogP contribution in [0.25, 0.3) is 0 Å². The van der Waals surface area contributed by atoms with E-state index in [1.54, 1.807) is 0 Å². The van der Waals surface area contributed by atoms with Crippen molar-refractivity contribution in [3.63, 3.8) is 0 Å². The molecule has 0 bridgehead atoms. The van der Waals surface area contributed by atoms with Gasteiger partial charge in [-0.2, -0.15) is 0 Å². The van der Waals surface area contributed by atoms with Crippen molar-refractivity contribution < 1.29 is 13.2 Å². The SMILES string of the molecule is CCCc1ncc2c(n1)CCN(Cc1cc(F)c(F)cc1F)C2. The van der Waals surface area contributed by atoms with Gasteiger partial charge in [0.1, 0.15) is 11.6 Å². The third-order valence-corrected chi connectivity index (χ3v) is 4.02. The fourth-order valence-corrected chi connectivity index (χ4v) is 2.82. The Morgan fingerprint density at radius 1 is 1.13 bits per heavy atom. The molecule has 0 aliphatic carbocycles. The highest BCUT2D eigenvalue weighted by Gasteiger charge is 2.20. The molecule has 3 rings (SSSR count). The third kappa shape index (κ3) is 3.52. The van der Waals surface area contributed by atoms with Crippen LogP contribution in [0.2, 0.25) is 0 Å². The monoisotopic (exact) mass is 321 g/mol. The molecule has 2 aromatic rings. The summed E-state index contributed by atoms with van der Waals surface area (Å²) in [5, 5.41) is 0. The van der Waals surface area contributed by atoms with Crippen LogP contribution in [0.5, 0.6) is 0 Å². The summed E-state index contributed by atoms with van der Waals surface area (Å²) in [7, 11) is 0. The van der Waals surface area contributed by atoms with E-state index in [-0.39, 0.29) is 12.1 Å². The van der Waals surface area contributed by atoms with E-state index in [1.807, 2.05) is 11.1 Å². The second-order valence-electron chi connectivity index (χ2n) is 5.83. The first kappa shape index (κ1) is 15.9. The molecular weight excluding hydrogens is 303 g/mol. The van der Waals surface area contributed by atoms with Gasteiger partial charge >= 0.3 is 0 Å². The van der Waals surface area contributed by atoms with Gasteiger partial charge in [0, 0.05) is 61.6 Å². The fraction of sp³-hybridized carbons (Fsp3) is 0.412. The van der Waals surface area contributed by atoms with Crippen LogP contribution in [0.3, 0.4) is 0 Å². The molecule has 0 saturated heterocycles. The summed E-state index contributed by atoms with van der Waals surface area (Å²) in [5.41, 5.74) is 2.21. The zero-order chi connectivity index (χ0) is 16.4. The molecule has 0 unspecified atom stereocenters. The summed E-state index contributed by atoms with van der Waals surface area (Å²) >= 11 is 0. The van der Waals surface area contributed by atoms with Gasteiger partial charge in [0.2, 0.25) is 0 Å². The molecule has 0 fully saturated rings. The highest BCUT2D eigenvalue weighted by atomic mass is 19.2. The molecule has 0 spiro atoms. The fourth-order valence-electron chi connectivity index (χ4n) is 2.82. The van der Waals surface area contributed by atoms with Crippen LogP contribution in [0.4, 0.5) is 13.2 Å². The van der Waals surface area contributed by atoms with Gasteiger partial charge in [-0.25, -0.2) is 23.1 Å². The van der Waals surface area contributed by atoms with Crippen molar-refractivity contribution in [2.24, 2.45) is 0 Å². The summed E-state index contributed by atoms with van der Waals surface area (Å²) in [6.07, 6.45) is 4.43. The van der Waals surface area contributed by atoms with Crippen LogP contribution in [0, 0.1) is 17.5 Å². The Balaban J connectivity index is 1.74. The minimum Gasteiger partial charge on any atom is -0.294 e. The Morgan fingerprint density at radius 3 is 2.70 bits per heavy atom. The Morgan fingerprint density at radius 2 is 1.91 bits per heavy atom. The molecule has 0 saturated carbocycles. The quantitative estimate of drug-likeness (QED) is 0.808. The van der Waals surface area contributed by atoms with Gasteiger partial charge in [-0.15, -0.1) is 0 Å². The summed E-state index contributed by atoms with van der Waals surface area (Å²) in [4.78, 5) is 10.9. The van der Waals surface area contributed by atoms with Crippen molar-refractivity contribution in [1.82, 2.24) is 14.9 Å². The summed E-state index contributed by atoms with van der Waals surface area (Å²) in [6.45, 7) is 3.61. The third-order valence-electron chi connectivity index (χ3n) is 4.02. The van der Waals surface area contributed by atoms with E-state index in [0.717, 1.165) is 42.4 Å². The van der Waals surface area contributed by atoms with Crippen LogP contribution in [0.1, 0.15) is 36.0 Å². The highest BCUT2D eigenvalue weighted by Crippen LogP contribution is 2.21. The number of halogens is 3. The minimum absolute atomic E-state index is 0.163. The Kier molecular flexibility index (Phi) is 4.61. The van der Waals surface area contributed by atoms with Crippen LogP contribution in [-0.2, 0) is 25.9 Å². The van der Waals surface area contributed by atoms with Crippen LogP contribution in [-0.4, -0.2) is 21.4 Å². The number of nitrogens with zero attached hydrogens (tertiary/aromatic N) is 3. The molecule has 0 N–H and O–H groups in total. The van der Waals surface area contributed by atoms with Gasteiger partial charge in [-0.05, 0) is 12.5 Å². The van der Waals surface area contributed by atoms with Crippen LogP contribution in [0.15, 0.2) is 18.3 Å². The van der Waals surface area contributed by atoms with Gasteiger partial charge in [0.25, 0.3) is 0 Å². The van der Waals surface area contributed by atoms with Crippen LogP contribution < -0.4 is 0 Å². The molecule has 23 heavy (non-hydrogen) atoms. The van der Waals surface area contributed by atoms with Crippen molar-refractivity contribution in [1.29, 1.82) is 0 Å². The van der Waals surface area contributed by atoms with E-state index in [0.29, 0.717) is 19.2 Å². The van der Waals surface area contributed by atoms with E-state index in [1.165, 1.54) is 0 Å². The standard InChI is InChI=1S/C17H18F3N3/c1-2-3-17-21-8-12-10-23(5-4-16(12)22-17)9-11-6-14(19)15(20)7-13(11)18/h6-8H,2-5,9-10H2,1H3. The second-order valence-corrected chi connectivity index (χ2v) is 5.83. The molecule has 1 aliphatic rings. The van der Waals surface area contributed by atoms with Crippen molar-refractivity contribution in [3.8, 4) is 0 Å². The van der Waals surface area contributed by atoms with Gasteiger partial charge in [-0.1, -0.05) is 6.92 Å². The minimum atomic E-state index is -1.16. The molecule has 6 heteroatoms. The van der Waals surface area contributed by atoms with Gasteiger partial charge in [-0.3, -0.25) is 4.90 Å². The zero-order valence-electron chi connectivity index (χ0n) is 13.0. The molecular formula is C17H18F3N3. The molecule has 122 valence electrons. The summed E-state index contributed by atoms with van der Waals surface area (Å²) in [6, 6.07) is 1.53. The molecule has 0 radical (unpaired) electrons. The van der Waals surface area contributed by atoms with Crippen LogP contribution >= 0.6 is 0 Å². The lowest BCUT2D eigenvalue weighted by Gasteiger charge is -2.28. The Labute approximate surface area is 133 Å². The van der Waals surface area contributed by atoms with Gasteiger partial charge in [0.15, 0.2) is 11.6 Å². The first-order chi connectivity index (χ1) is 11.1. The molecule has 0 atom stereocenters. The van der Waals surface area contributed by atoms with Crippen molar-refractivity contribution >= 4 is 0 Å². The lowest BCUT2D eigenvalue weighted by molar-refractivity contribution is 0.238. The smallest absolute Gasteiger partial charge is 0.161 e. The first-order valence-electron chi connectivity index (χ1n) is 7.76. The zero-order valence-corrected chi connectivity index (χ0v) is 13.0. The number of fused-ring (bicyclic) bond motifs is 1. The van der Waals surface area contributed by atoms with Gasteiger partial charge in [0.05, 0.1) is 0 Å². The molecule has 1 aromatic heterocycles. The van der Waals surface area contributed by atoms with Crippen molar-refractivity contribution in [2.45, 2.75) is 39.3 Å². The van der Waals surface area contributed by atoms with Crippen molar-refractivity contribution in [3.05, 3.63) is 58.4 Å². The Bertz CT molecular complexity index is 718. The number of benzene rings is 1. The Hall–Kier alpha value is -1.95. The molecule has 0 amide bonds. The molecule has 1 aliphatic heterocycles. The van der Waals surface area contributed by atoms with E-state index in [2.05, 4.69) is 16.9 Å². The average Bonchev–Trinajstić information content (AvgIpc) is 2.53. The van der Waals surface area contributed by atoms with E-state index >= 15 is 0 Å². The lowest BCUT2D eigenvalue weighted by Crippen LogP contribution is -2.31. The number of aryl methyl sites for hydroxylation is 1. The predicted molar refractivity (Wildman–Crippen MR) is 80.2 cm³/mol. The first-order valence-corrected chi connectivity index (χ1v) is 7.76. The molecule has 1 aromatic carbocycles. The summed E-state index contributed by atoms with van der Waals surface area (Å²) < 4.78 is 40.0. The maximum Gasteiger partial charge on any atom is 0.161 e. The maximum absolute atomic E-state index is 13.8. The van der Waals surface area contributed by atoms with E-state index in [9.17, 15) is 13.2 Å². The number of aromatic nitrogens is 2. The second kappa shape index (κ2) is 6.66. The van der Waals surface area contributed by atoms with Gasteiger partial charge < -0.3 is 0 Å². The normalized spacial score (nSPS) is 14.8. The number of hydrogen-bond acceptors (Lipinski definition) is 3. The molecule has 2 heterocycles. The topological polar surface area (TPSA) is 29.0 Å². The van der Waals surface area contributed by atoms with E-state index < -0.39 is 17.5 Å². The largest absolute Gasteiger partial charge is 0.294 e. The van der Waals surface area contributed by atoms with E-state index in [4.69, 9.17) is 0 Å². The maximum atomic E-state index is 13.8. The lowest BCUT2D eigenvalue weighted by atomic mass is 10.1. The average molecular weight is 321 g/mol. The number of rotatable bonds is 4. The molecule has 3 nitrogen and oxygen atoms in total. The predicted octanol–water partition coefficient (Wildman–Crippen LogP) is 3.40. The van der Waals surface area contributed by atoms with Crippen molar-refractivity contribution in [2.75, 3.05) is 6.54 Å². The highest BCUT2D eigenvalue weighted by molar-refractivity contribution is 5.23. The number of hydrogen-bond donors (Lipinski definition) is 0. The summed E-state index contributed by atoms with van der Waals surface area (Å²) in [5.74, 6) is -2.05.